The maximum Gasteiger partial charge on any atom is 0.310 e. The van der Waals surface area contributed by atoms with Crippen molar-refractivity contribution in [2.24, 2.45) is 0 Å². The molecule has 46 heavy (non-hydrogen) atoms. The molecule has 0 fully saturated rings. The molecule has 0 saturated heterocycles. The highest BCUT2D eigenvalue weighted by Gasteiger charge is 2.25. The summed E-state index contributed by atoms with van der Waals surface area (Å²) in [4.78, 5) is 33.0. The number of carbonyl (C=O) groups is 2. The molecule has 1 amide bonds. The van der Waals surface area contributed by atoms with Gasteiger partial charge in [0.05, 0.1) is 35.1 Å². The Labute approximate surface area is 270 Å². The van der Waals surface area contributed by atoms with Crippen molar-refractivity contribution in [1.29, 1.82) is 0 Å². The van der Waals surface area contributed by atoms with Crippen LogP contribution in [-0.2, 0) is 20.7 Å². The molecule has 0 aliphatic carbocycles. The van der Waals surface area contributed by atoms with E-state index in [2.05, 4.69) is 0 Å². The van der Waals surface area contributed by atoms with Gasteiger partial charge in [-0.1, -0.05) is 48.5 Å². The quantitative estimate of drug-likeness (QED) is 0.158. The average Bonchev–Trinajstić information content (AvgIpc) is 3.84. The first-order chi connectivity index (χ1) is 22.6. The molecule has 0 N–H and O–H groups in total. The fourth-order valence-electron chi connectivity index (χ4n) is 5.59. The van der Waals surface area contributed by atoms with Crippen molar-refractivity contribution in [3.05, 3.63) is 125 Å². The van der Waals surface area contributed by atoms with Gasteiger partial charge in [0.1, 0.15) is 10.8 Å². The molecule has 0 bridgehead atoms. The van der Waals surface area contributed by atoms with E-state index >= 15 is 0 Å². The Bertz CT molecular complexity index is 2030. The minimum atomic E-state index is -0.507. The van der Waals surface area contributed by atoms with Crippen LogP contribution < -0.4 is 9.64 Å². The highest BCUT2D eigenvalue weighted by molar-refractivity contribution is 7.19. The van der Waals surface area contributed by atoms with Crippen LogP contribution >= 0.6 is 11.3 Å². The Kier molecular flexibility index (Phi) is 8.14. The van der Waals surface area contributed by atoms with Gasteiger partial charge in [0, 0.05) is 29.6 Å². The van der Waals surface area contributed by atoms with Crippen LogP contribution in [0, 0.1) is 0 Å². The SMILES string of the molecule is COc1ccc(-c2nn(-c3ccccc3)cc2/C=C(/CC(=O)OCC(=O)N2CCc3ccccc32)c2nc3ccccc3s2)cc1. The Morgan fingerprint density at radius 1 is 0.913 bits per heavy atom. The monoisotopic (exact) mass is 626 g/mol. The van der Waals surface area contributed by atoms with Crippen LogP contribution in [0.3, 0.4) is 0 Å². The predicted octanol–water partition coefficient (Wildman–Crippen LogP) is 7.22. The molecule has 2 aromatic heterocycles. The maximum absolute atomic E-state index is 13.4. The lowest BCUT2D eigenvalue weighted by molar-refractivity contribution is -0.146. The van der Waals surface area contributed by atoms with Gasteiger partial charge in [0.25, 0.3) is 5.91 Å². The Morgan fingerprint density at radius 2 is 1.67 bits per heavy atom. The van der Waals surface area contributed by atoms with Crippen molar-refractivity contribution in [1.82, 2.24) is 14.8 Å². The first-order valence-corrected chi connectivity index (χ1v) is 15.8. The molecule has 9 heteroatoms. The number of carbonyl (C=O) groups excluding carboxylic acids is 2. The number of ether oxygens (including phenoxy) is 2. The van der Waals surface area contributed by atoms with Gasteiger partial charge in [0.15, 0.2) is 6.61 Å². The summed E-state index contributed by atoms with van der Waals surface area (Å²) in [6.07, 6.45) is 4.61. The van der Waals surface area contributed by atoms with E-state index in [-0.39, 0.29) is 18.9 Å². The zero-order valence-electron chi connectivity index (χ0n) is 25.1. The van der Waals surface area contributed by atoms with Crippen LogP contribution in [0.15, 0.2) is 109 Å². The first kappa shape index (κ1) is 29.2. The van der Waals surface area contributed by atoms with Gasteiger partial charge in [-0.2, -0.15) is 5.10 Å². The third-order valence-electron chi connectivity index (χ3n) is 7.90. The lowest BCUT2D eigenvalue weighted by Gasteiger charge is -2.17. The van der Waals surface area contributed by atoms with Gasteiger partial charge in [-0.05, 0) is 78.2 Å². The summed E-state index contributed by atoms with van der Waals surface area (Å²) in [5.74, 6) is -0.00394. The number of thiazole rings is 1. The number of nitrogens with zero attached hydrogens (tertiary/aromatic N) is 4. The highest BCUT2D eigenvalue weighted by atomic mass is 32.1. The van der Waals surface area contributed by atoms with Crippen molar-refractivity contribution in [2.45, 2.75) is 12.8 Å². The number of fused-ring (bicyclic) bond motifs is 2. The van der Waals surface area contributed by atoms with Crippen molar-refractivity contribution in [3.8, 4) is 22.7 Å². The molecule has 0 unspecified atom stereocenters. The molecule has 0 radical (unpaired) electrons. The van der Waals surface area contributed by atoms with E-state index in [4.69, 9.17) is 19.6 Å². The molecular weight excluding hydrogens is 596 g/mol. The number of rotatable bonds is 9. The van der Waals surface area contributed by atoms with Crippen LogP contribution in [0.5, 0.6) is 5.75 Å². The minimum Gasteiger partial charge on any atom is -0.497 e. The average molecular weight is 627 g/mol. The predicted molar refractivity (Wildman–Crippen MR) is 181 cm³/mol. The van der Waals surface area contributed by atoms with E-state index in [9.17, 15) is 9.59 Å². The van der Waals surface area contributed by atoms with Gasteiger partial charge in [-0.3, -0.25) is 9.59 Å². The lowest BCUT2D eigenvalue weighted by Crippen LogP contribution is -2.33. The smallest absolute Gasteiger partial charge is 0.310 e. The number of amides is 1. The van der Waals surface area contributed by atoms with E-state index < -0.39 is 5.97 Å². The number of methoxy groups -OCH3 is 1. The van der Waals surface area contributed by atoms with Crippen molar-refractivity contribution in [2.75, 3.05) is 25.2 Å². The molecular formula is C37H30N4O4S. The number of hydrogen-bond acceptors (Lipinski definition) is 7. The lowest BCUT2D eigenvalue weighted by atomic mass is 10.0. The number of aromatic nitrogens is 3. The molecule has 0 atom stereocenters. The third kappa shape index (κ3) is 6.05. The standard InChI is InChI=1S/C37H30N4O4S/c1-44-30-17-15-26(16-18-30)36-28(23-41(39-36)29-10-3-2-4-11-29)21-27(37-38-31-12-6-8-14-33(31)46-37)22-35(43)45-24-34(42)40-20-19-25-9-5-7-13-32(25)40/h2-18,21,23H,19-20,22,24H2,1H3/b27-21-. The number of hydrogen-bond donors (Lipinski definition) is 0. The van der Waals surface area contributed by atoms with Crippen molar-refractivity contribution in [3.63, 3.8) is 0 Å². The molecule has 6 aromatic rings. The molecule has 228 valence electrons. The van der Waals surface area contributed by atoms with Crippen LogP contribution in [0.25, 0.3) is 38.8 Å². The second kappa shape index (κ2) is 12.8. The maximum atomic E-state index is 13.4. The Balaban J connectivity index is 1.22. The molecule has 3 heterocycles. The Morgan fingerprint density at radius 3 is 2.48 bits per heavy atom. The van der Waals surface area contributed by atoms with Gasteiger partial charge in [-0.25, -0.2) is 9.67 Å². The number of anilines is 1. The van der Waals surface area contributed by atoms with E-state index in [1.165, 1.54) is 11.3 Å². The highest BCUT2D eigenvalue weighted by Crippen LogP contribution is 2.34. The van der Waals surface area contributed by atoms with Gasteiger partial charge in [0.2, 0.25) is 0 Å². The van der Waals surface area contributed by atoms with Crippen LogP contribution in [-0.4, -0.2) is 46.9 Å². The zero-order chi connectivity index (χ0) is 31.5. The van der Waals surface area contributed by atoms with E-state index in [1.54, 1.807) is 12.0 Å². The molecule has 1 aliphatic heterocycles. The number of esters is 1. The van der Waals surface area contributed by atoms with E-state index in [0.717, 1.165) is 56.1 Å². The topological polar surface area (TPSA) is 86.6 Å². The molecule has 4 aromatic carbocycles. The molecule has 7 rings (SSSR count). The van der Waals surface area contributed by atoms with Crippen molar-refractivity contribution >= 4 is 50.8 Å². The summed E-state index contributed by atoms with van der Waals surface area (Å²) in [6, 6.07) is 33.3. The summed E-state index contributed by atoms with van der Waals surface area (Å²) in [5, 5.41) is 5.64. The van der Waals surface area contributed by atoms with Crippen LogP contribution in [0.4, 0.5) is 5.69 Å². The summed E-state index contributed by atoms with van der Waals surface area (Å²) < 4.78 is 13.8. The summed E-state index contributed by atoms with van der Waals surface area (Å²) >= 11 is 1.51. The number of para-hydroxylation sites is 3. The third-order valence-corrected chi connectivity index (χ3v) is 9.02. The normalized spacial score (nSPS) is 12.7. The molecule has 0 spiro atoms. The summed E-state index contributed by atoms with van der Waals surface area (Å²) in [6.45, 7) is 0.245. The van der Waals surface area contributed by atoms with Gasteiger partial charge in [-0.15, -0.1) is 11.3 Å². The van der Waals surface area contributed by atoms with E-state index in [0.29, 0.717) is 17.1 Å². The second-order valence-electron chi connectivity index (χ2n) is 10.9. The largest absolute Gasteiger partial charge is 0.497 e. The van der Waals surface area contributed by atoms with E-state index in [1.807, 2.05) is 120 Å². The second-order valence-corrected chi connectivity index (χ2v) is 11.9. The fourth-order valence-corrected chi connectivity index (χ4v) is 6.57. The van der Waals surface area contributed by atoms with Gasteiger partial charge < -0.3 is 14.4 Å². The summed E-state index contributed by atoms with van der Waals surface area (Å²) in [7, 11) is 1.63. The zero-order valence-corrected chi connectivity index (χ0v) is 25.9. The van der Waals surface area contributed by atoms with Crippen LogP contribution in [0.1, 0.15) is 22.6 Å². The van der Waals surface area contributed by atoms with Crippen LogP contribution in [0.2, 0.25) is 0 Å². The first-order valence-electron chi connectivity index (χ1n) is 15.0. The van der Waals surface area contributed by atoms with Gasteiger partial charge >= 0.3 is 5.97 Å². The molecule has 1 aliphatic rings. The number of benzene rings is 4. The minimum absolute atomic E-state index is 0.0672. The molecule has 8 nitrogen and oxygen atoms in total. The summed E-state index contributed by atoms with van der Waals surface area (Å²) in [5.41, 5.74) is 6.85. The van der Waals surface area contributed by atoms with Crippen molar-refractivity contribution < 1.29 is 19.1 Å². The Hall–Kier alpha value is -5.54. The fraction of sp³-hybridized carbons (Fsp3) is 0.135. The molecule has 0 saturated carbocycles.